The van der Waals surface area contributed by atoms with Crippen molar-refractivity contribution < 1.29 is 33.9 Å². The van der Waals surface area contributed by atoms with Crippen LogP contribution in [0.4, 0.5) is 0 Å². The van der Waals surface area contributed by atoms with Crippen LogP contribution >= 0.6 is 0 Å². The molecule has 3 rings (SSSR count). The Labute approximate surface area is 149 Å². The SMILES string of the molecule is CCC1O[C@H](O[C@@H]2C(O)[C@@H](C)OC3COC(C)O[C@H]32)C(O)[C@@H](C)[C@@H]1C. The van der Waals surface area contributed by atoms with E-state index in [2.05, 4.69) is 13.8 Å². The summed E-state index contributed by atoms with van der Waals surface area (Å²) in [6, 6.07) is 0. The predicted molar refractivity (Wildman–Crippen MR) is 88.8 cm³/mol. The first kappa shape index (κ1) is 19.5. The fourth-order valence-corrected chi connectivity index (χ4v) is 4.06. The van der Waals surface area contributed by atoms with Crippen LogP contribution in [0.2, 0.25) is 0 Å². The summed E-state index contributed by atoms with van der Waals surface area (Å²) in [5.74, 6) is 0.286. The smallest absolute Gasteiger partial charge is 0.184 e. The van der Waals surface area contributed by atoms with Crippen molar-refractivity contribution in [2.75, 3.05) is 6.61 Å². The molecule has 25 heavy (non-hydrogen) atoms. The standard InChI is InChI=1S/C18H32O7/c1-6-12-8(2)9(3)14(19)18(24-12)25-17-15(20)10(4)22-13-7-21-11(5)23-16(13)17/h8-20H,6-7H2,1-5H3/t8-,9-,10+,11?,12?,13?,14?,15?,16+,17+,18+/m0/s1. The van der Waals surface area contributed by atoms with Gasteiger partial charge in [-0.25, -0.2) is 0 Å². The molecular weight excluding hydrogens is 328 g/mol. The van der Waals surface area contributed by atoms with E-state index in [4.69, 9.17) is 23.7 Å². The monoisotopic (exact) mass is 360 g/mol. The molecule has 11 atom stereocenters. The molecule has 0 aromatic carbocycles. The van der Waals surface area contributed by atoms with E-state index in [0.29, 0.717) is 6.61 Å². The first-order chi connectivity index (χ1) is 11.8. The number of hydrogen-bond donors (Lipinski definition) is 2. The molecule has 3 aliphatic rings. The summed E-state index contributed by atoms with van der Waals surface area (Å²) in [5, 5.41) is 21.2. The summed E-state index contributed by atoms with van der Waals surface area (Å²) < 4.78 is 29.2. The molecule has 0 saturated carbocycles. The third kappa shape index (κ3) is 3.74. The van der Waals surface area contributed by atoms with Crippen molar-refractivity contribution in [2.24, 2.45) is 11.8 Å². The maximum atomic E-state index is 10.6. The van der Waals surface area contributed by atoms with E-state index in [-0.39, 0.29) is 24.0 Å². The average molecular weight is 360 g/mol. The topological polar surface area (TPSA) is 86.6 Å². The lowest BCUT2D eigenvalue weighted by molar-refractivity contribution is -0.360. The minimum atomic E-state index is -0.864. The van der Waals surface area contributed by atoms with E-state index >= 15 is 0 Å². The highest BCUT2D eigenvalue weighted by Crippen LogP contribution is 2.36. The van der Waals surface area contributed by atoms with Crippen molar-refractivity contribution in [3.63, 3.8) is 0 Å². The lowest BCUT2D eigenvalue weighted by Crippen LogP contribution is -2.64. The number of rotatable bonds is 3. The Bertz CT molecular complexity index is 445. The minimum Gasteiger partial charge on any atom is -0.388 e. The van der Waals surface area contributed by atoms with Gasteiger partial charge < -0.3 is 33.9 Å². The van der Waals surface area contributed by atoms with Crippen LogP contribution in [-0.4, -0.2) is 72.1 Å². The van der Waals surface area contributed by atoms with Crippen molar-refractivity contribution in [3.05, 3.63) is 0 Å². The maximum Gasteiger partial charge on any atom is 0.184 e. The van der Waals surface area contributed by atoms with Gasteiger partial charge in [-0.2, -0.15) is 0 Å². The molecule has 3 aliphatic heterocycles. The molecule has 3 saturated heterocycles. The molecule has 5 unspecified atom stereocenters. The quantitative estimate of drug-likeness (QED) is 0.778. The van der Waals surface area contributed by atoms with Crippen LogP contribution in [0.25, 0.3) is 0 Å². The second-order valence-corrected chi connectivity index (χ2v) is 7.63. The van der Waals surface area contributed by atoms with E-state index in [1.807, 2.05) is 6.92 Å². The molecule has 0 radical (unpaired) electrons. The van der Waals surface area contributed by atoms with Crippen LogP contribution in [0.15, 0.2) is 0 Å². The molecule has 3 heterocycles. The van der Waals surface area contributed by atoms with Gasteiger partial charge in [0.05, 0.1) is 18.8 Å². The molecule has 0 spiro atoms. The summed E-state index contributed by atoms with van der Waals surface area (Å²) in [5.41, 5.74) is 0. The van der Waals surface area contributed by atoms with Gasteiger partial charge in [-0.3, -0.25) is 0 Å². The van der Waals surface area contributed by atoms with Gasteiger partial charge in [0.25, 0.3) is 0 Å². The van der Waals surface area contributed by atoms with E-state index < -0.39 is 43.1 Å². The van der Waals surface area contributed by atoms with Crippen molar-refractivity contribution in [1.82, 2.24) is 0 Å². The number of aliphatic hydroxyl groups excluding tert-OH is 2. The molecule has 2 N–H and O–H groups in total. The van der Waals surface area contributed by atoms with Crippen LogP contribution in [0.1, 0.15) is 41.0 Å². The number of hydrogen-bond acceptors (Lipinski definition) is 7. The molecule has 0 amide bonds. The third-order valence-corrected chi connectivity index (χ3v) is 5.98. The molecule has 0 aromatic heterocycles. The predicted octanol–water partition coefficient (Wildman–Crippen LogP) is 1.05. The van der Waals surface area contributed by atoms with Crippen LogP contribution in [-0.2, 0) is 23.7 Å². The molecule has 7 heteroatoms. The van der Waals surface area contributed by atoms with Gasteiger partial charge in [-0.05, 0) is 32.1 Å². The Morgan fingerprint density at radius 1 is 0.960 bits per heavy atom. The summed E-state index contributed by atoms with van der Waals surface area (Å²) in [4.78, 5) is 0. The van der Waals surface area contributed by atoms with Gasteiger partial charge >= 0.3 is 0 Å². The molecule has 7 nitrogen and oxygen atoms in total. The normalized spacial score (nSPS) is 54.1. The van der Waals surface area contributed by atoms with Gasteiger partial charge in [-0.15, -0.1) is 0 Å². The Kier molecular flexibility index (Phi) is 6.05. The first-order valence-electron chi connectivity index (χ1n) is 9.43. The van der Waals surface area contributed by atoms with Gasteiger partial charge in [0, 0.05) is 0 Å². The van der Waals surface area contributed by atoms with E-state index in [1.165, 1.54) is 0 Å². The van der Waals surface area contributed by atoms with Crippen molar-refractivity contribution >= 4 is 0 Å². The Morgan fingerprint density at radius 3 is 2.36 bits per heavy atom. The molecular formula is C18H32O7. The molecule has 0 aliphatic carbocycles. The number of fused-ring (bicyclic) bond motifs is 1. The molecule has 146 valence electrons. The second-order valence-electron chi connectivity index (χ2n) is 7.63. The maximum absolute atomic E-state index is 10.6. The highest BCUT2D eigenvalue weighted by molar-refractivity contribution is 4.95. The first-order valence-corrected chi connectivity index (χ1v) is 9.43. The van der Waals surface area contributed by atoms with E-state index in [1.54, 1.807) is 13.8 Å². The zero-order valence-electron chi connectivity index (χ0n) is 15.7. The van der Waals surface area contributed by atoms with Crippen LogP contribution in [0, 0.1) is 11.8 Å². The highest BCUT2D eigenvalue weighted by Gasteiger charge is 2.51. The summed E-state index contributed by atoms with van der Waals surface area (Å²) in [6.07, 6.45) is -3.75. The summed E-state index contributed by atoms with van der Waals surface area (Å²) in [6.45, 7) is 10.2. The minimum absolute atomic E-state index is 0.0168. The van der Waals surface area contributed by atoms with E-state index in [9.17, 15) is 10.2 Å². The van der Waals surface area contributed by atoms with Gasteiger partial charge in [0.2, 0.25) is 0 Å². The van der Waals surface area contributed by atoms with Gasteiger partial charge in [-0.1, -0.05) is 20.8 Å². The average Bonchev–Trinajstić information content (AvgIpc) is 2.59. The van der Waals surface area contributed by atoms with Gasteiger partial charge in [0.1, 0.15) is 30.5 Å². The van der Waals surface area contributed by atoms with Crippen LogP contribution in [0.5, 0.6) is 0 Å². The Morgan fingerprint density at radius 2 is 1.68 bits per heavy atom. The summed E-state index contributed by atoms with van der Waals surface area (Å²) in [7, 11) is 0. The zero-order chi connectivity index (χ0) is 18.3. The largest absolute Gasteiger partial charge is 0.388 e. The van der Waals surface area contributed by atoms with Crippen molar-refractivity contribution in [3.8, 4) is 0 Å². The molecule has 3 fully saturated rings. The zero-order valence-corrected chi connectivity index (χ0v) is 15.7. The Hall–Kier alpha value is -0.280. The van der Waals surface area contributed by atoms with Crippen molar-refractivity contribution in [1.29, 1.82) is 0 Å². The lowest BCUT2D eigenvalue weighted by Gasteiger charge is -2.49. The summed E-state index contributed by atoms with van der Waals surface area (Å²) >= 11 is 0. The fourth-order valence-electron chi connectivity index (χ4n) is 4.06. The lowest BCUT2D eigenvalue weighted by atomic mass is 9.82. The number of aliphatic hydroxyl groups is 2. The number of ether oxygens (including phenoxy) is 5. The molecule has 0 bridgehead atoms. The van der Waals surface area contributed by atoms with E-state index in [0.717, 1.165) is 6.42 Å². The fraction of sp³-hybridized carbons (Fsp3) is 1.00. The third-order valence-electron chi connectivity index (χ3n) is 5.98. The van der Waals surface area contributed by atoms with Crippen molar-refractivity contribution in [2.45, 2.75) is 96.3 Å². The van der Waals surface area contributed by atoms with Crippen LogP contribution in [0.3, 0.4) is 0 Å². The highest BCUT2D eigenvalue weighted by atomic mass is 16.7. The molecule has 0 aromatic rings. The van der Waals surface area contributed by atoms with Crippen LogP contribution < -0.4 is 0 Å². The second kappa shape index (κ2) is 7.76. The Balaban J connectivity index is 1.76. The van der Waals surface area contributed by atoms with Gasteiger partial charge in [0.15, 0.2) is 12.6 Å².